The monoisotopic (exact) mass is 334 g/mol. The van der Waals surface area contributed by atoms with E-state index in [1.54, 1.807) is 19.1 Å². The van der Waals surface area contributed by atoms with Crippen LogP contribution in [0.2, 0.25) is 0 Å². The van der Waals surface area contributed by atoms with Crippen LogP contribution in [0.4, 0.5) is 9.52 Å². The van der Waals surface area contributed by atoms with Crippen molar-refractivity contribution in [3.05, 3.63) is 51.7 Å². The Morgan fingerprint density at radius 3 is 2.87 bits per heavy atom. The minimum absolute atomic E-state index is 0.209. The Bertz CT molecular complexity index is 921. The van der Waals surface area contributed by atoms with Gasteiger partial charge in [0, 0.05) is 25.4 Å². The summed E-state index contributed by atoms with van der Waals surface area (Å²) in [4.78, 5) is 18.6. The molecule has 0 amide bonds. The molecule has 120 valence electrons. The van der Waals surface area contributed by atoms with Crippen molar-refractivity contribution >= 4 is 21.4 Å². The van der Waals surface area contributed by atoms with Crippen LogP contribution in [0.25, 0.3) is 4.96 Å². The smallest absolute Gasteiger partial charge is 0.275 e. The third-order valence-electron chi connectivity index (χ3n) is 3.32. The first-order valence-corrected chi connectivity index (χ1v) is 7.70. The molecule has 0 aliphatic carbocycles. The van der Waals surface area contributed by atoms with Gasteiger partial charge in [0.15, 0.2) is 11.6 Å². The zero-order valence-electron chi connectivity index (χ0n) is 12.9. The SMILES string of the molecule is COc1ccc(CN(C)c2nn3c(=O)cc(C)nc3s2)cc1F. The number of aryl methyl sites for hydroxylation is 1. The highest BCUT2D eigenvalue weighted by molar-refractivity contribution is 7.20. The van der Waals surface area contributed by atoms with Crippen LogP contribution in [0.1, 0.15) is 11.3 Å². The number of fused-ring (bicyclic) bond motifs is 1. The minimum atomic E-state index is -0.406. The lowest BCUT2D eigenvalue weighted by molar-refractivity contribution is 0.386. The molecule has 6 nitrogen and oxygen atoms in total. The summed E-state index contributed by atoms with van der Waals surface area (Å²) in [6, 6.07) is 6.25. The average molecular weight is 334 g/mol. The van der Waals surface area contributed by atoms with Crippen molar-refractivity contribution in [2.45, 2.75) is 13.5 Å². The molecule has 0 saturated heterocycles. The van der Waals surface area contributed by atoms with Crippen molar-refractivity contribution in [2.24, 2.45) is 0 Å². The molecule has 0 atom stereocenters. The van der Waals surface area contributed by atoms with Gasteiger partial charge in [-0.25, -0.2) is 9.37 Å². The van der Waals surface area contributed by atoms with Gasteiger partial charge in [0.05, 0.1) is 7.11 Å². The molecule has 0 unspecified atom stereocenters. The van der Waals surface area contributed by atoms with Gasteiger partial charge < -0.3 is 9.64 Å². The highest BCUT2D eigenvalue weighted by atomic mass is 32.1. The zero-order valence-corrected chi connectivity index (χ0v) is 13.7. The molecule has 0 fully saturated rings. The predicted octanol–water partition coefficient (Wildman–Crippen LogP) is 2.24. The molecule has 0 aliphatic heterocycles. The normalized spacial score (nSPS) is 11.0. The Balaban J connectivity index is 1.88. The Morgan fingerprint density at radius 1 is 1.39 bits per heavy atom. The van der Waals surface area contributed by atoms with E-state index in [4.69, 9.17) is 4.74 Å². The molecule has 0 radical (unpaired) electrons. The molecule has 3 rings (SSSR count). The van der Waals surface area contributed by atoms with Gasteiger partial charge >= 0.3 is 0 Å². The Labute approximate surface area is 135 Å². The van der Waals surface area contributed by atoms with Crippen LogP contribution in [0, 0.1) is 12.7 Å². The maximum Gasteiger partial charge on any atom is 0.275 e. The molecule has 0 aliphatic rings. The van der Waals surface area contributed by atoms with E-state index in [-0.39, 0.29) is 11.3 Å². The van der Waals surface area contributed by atoms with Crippen LogP contribution in [0.5, 0.6) is 5.75 Å². The molecule has 0 bridgehead atoms. The maximum atomic E-state index is 13.8. The number of aromatic nitrogens is 3. The number of hydrogen-bond donors (Lipinski definition) is 0. The molecular formula is C15H15FN4O2S. The molecule has 23 heavy (non-hydrogen) atoms. The average Bonchev–Trinajstić information content (AvgIpc) is 2.92. The highest BCUT2D eigenvalue weighted by Crippen LogP contribution is 2.23. The molecule has 2 heterocycles. The topological polar surface area (TPSA) is 59.7 Å². The Morgan fingerprint density at radius 2 is 2.17 bits per heavy atom. The van der Waals surface area contributed by atoms with Gasteiger partial charge in [0.1, 0.15) is 0 Å². The third kappa shape index (κ3) is 3.02. The van der Waals surface area contributed by atoms with Gasteiger partial charge in [-0.05, 0) is 24.6 Å². The van der Waals surface area contributed by atoms with Crippen LogP contribution < -0.4 is 15.2 Å². The second-order valence-electron chi connectivity index (χ2n) is 5.14. The molecule has 0 saturated carbocycles. The van der Waals surface area contributed by atoms with E-state index < -0.39 is 5.82 Å². The largest absolute Gasteiger partial charge is 0.494 e. The first kappa shape index (κ1) is 15.4. The summed E-state index contributed by atoms with van der Waals surface area (Å²) in [6.07, 6.45) is 0. The van der Waals surface area contributed by atoms with E-state index in [1.165, 1.54) is 35.1 Å². The lowest BCUT2D eigenvalue weighted by atomic mass is 10.2. The fourth-order valence-corrected chi connectivity index (χ4v) is 3.13. The summed E-state index contributed by atoms with van der Waals surface area (Å²) >= 11 is 1.31. The van der Waals surface area contributed by atoms with Crippen LogP contribution in [-0.4, -0.2) is 28.8 Å². The maximum absolute atomic E-state index is 13.8. The van der Waals surface area contributed by atoms with E-state index >= 15 is 0 Å². The predicted molar refractivity (Wildman–Crippen MR) is 86.9 cm³/mol. The number of nitrogens with zero attached hydrogens (tertiary/aromatic N) is 4. The molecule has 3 aromatic rings. The summed E-state index contributed by atoms with van der Waals surface area (Å²) in [5, 5.41) is 4.91. The fourth-order valence-electron chi connectivity index (χ4n) is 2.21. The summed E-state index contributed by atoms with van der Waals surface area (Å²) in [6.45, 7) is 2.22. The van der Waals surface area contributed by atoms with Crippen LogP contribution in [-0.2, 0) is 6.54 Å². The number of anilines is 1. The summed E-state index contributed by atoms with van der Waals surface area (Å²) < 4.78 is 19.9. The number of rotatable bonds is 4. The van der Waals surface area contributed by atoms with E-state index in [1.807, 2.05) is 11.9 Å². The number of hydrogen-bond acceptors (Lipinski definition) is 6. The van der Waals surface area contributed by atoms with Gasteiger partial charge in [-0.2, -0.15) is 4.52 Å². The molecule has 1 aromatic carbocycles. The lowest BCUT2D eigenvalue weighted by Gasteiger charge is -2.15. The zero-order chi connectivity index (χ0) is 16.6. The minimum Gasteiger partial charge on any atom is -0.494 e. The van der Waals surface area contributed by atoms with Crippen molar-refractivity contribution in [1.29, 1.82) is 0 Å². The van der Waals surface area contributed by atoms with Gasteiger partial charge in [-0.3, -0.25) is 4.79 Å². The van der Waals surface area contributed by atoms with E-state index in [9.17, 15) is 9.18 Å². The molecule has 8 heteroatoms. The van der Waals surface area contributed by atoms with Gasteiger partial charge in [0.25, 0.3) is 5.56 Å². The van der Waals surface area contributed by atoms with E-state index in [0.29, 0.717) is 22.3 Å². The van der Waals surface area contributed by atoms with Gasteiger partial charge in [0.2, 0.25) is 10.1 Å². The molecule has 0 N–H and O–H groups in total. The van der Waals surface area contributed by atoms with Crippen LogP contribution in [0.15, 0.2) is 29.1 Å². The summed E-state index contributed by atoms with van der Waals surface area (Å²) in [5.41, 5.74) is 1.23. The highest BCUT2D eigenvalue weighted by Gasteiger charge is 2.12. The van der Waals surface area contributed by atoms with Crippen LogP contribution in [0.3, 0.4) is 0 Å². The fraction of sp³-hybridized carbons (Fsp3) is 0.267. The summed E-state index contributed by atoms with van der Waals surface area (Å²) in [5.74, 6) is -0.196. The second-order valence-corrected chi connectivity index (χ2v) is 6.07. The number of benzene rings is 1. The summed E-state index contributed by atoms with van der Waals surface area (Å²) in [7, 11) is 3.26. The second kappa shape index (κ2) is 5.96. The first-order chi connectivity index (χ1) is 11.0. The third-order valence-corrected chi connectivity index (χ3v) is 4.35. The van der Waals surface area contributed by atoms with Crippen molar-refractivity contribution < 1.29 is 9.13 Å². The van der Waals surface area contributed by atoms with E-state index in [2.05, 4.69) is 10.1 Å². The van der Waals surface area contributed by atoms with Crippen molar-refractivity contribution in [2.75, 3.05) is 19.1 Å². The Hall–Kier alpha value is -2.48. The van der Waals surface area contributed by atoms with E-state index in [0.717, 1.165) is 5.56 Å². The van der Waals surface area contributed by atoms with Crippen molar-refractivity contribution in [3.8, 4) is 5.75 Å². The molecule has 0 spiro atoms. The Kier molecular flexibility index (Phi) is 3.99. The standard InChI is InChI=1S/C15H15FN4O2S/c1-9-6-13(21)20-14(17-9)23-15(18-20)19(2)8-10-4-5-12(22-3)11(16)7-10/h4-7H,8H2,1-3H3. The number of ether oxygens (including phenoxy) is 1. The molecule has 2 aromatic heterocycles. The first-order valence-electron chi connectivity index (χ1n) is 6.89. The lowest BCUT2D eigenvalue weighted by Crippen LogP contribution is -2.18. The number of methoxy groups -OCH3 is 1. The van der Waals surface area contributed by atoms with Crippen molar-refractivity contribution in [1.82, 2.24) is 14.6 Å². The quantitative estimate of drug-likeness (QED) is 0.732. The van der Waals surface area contributed by atoms with Gasteiger partial charge in [-0.15, -0.1) is 5.10 Å². The molecular weight excluding hydrogens is 319 g/mol. The number of halogens is 1. The van der Waals surface area contributed by atoms with Gasteiger partial charge in [-0.1, -0.05) is 17.4 Å². The van der Waals surface area contributed by atoms with Crippen molar-refractivity contribution in [3.63, 3.8) is 0 Å². The van der Waals surface area contributed by atoms with Crippen LogP contribution >= 0.6 is 11.3 Å².